The van der Waals surface area contributed by atoms with Crippen molar-refractivity contribution in [2.45, 2.75) is 38.6 Å². The second-order valence-electron chi connectivity index (χ2n) is 4.45. The van der Waals surface area contributed by atoms with Crippen LogP contribution < -0.4 is 14.8 Å². The Balaban J connectivity index is 2.75. The maximum atomic E-state index is 5.41. The standard InChI is InChI=1S/C15H25NO2/c1-5-7-12(16-2)10-11-13-14(17-3)8-6-9-15(13)18-4/h6,8-9,12,16H,5,7,10-11H2,1-4H3. The molecule has 0 fully saturated rings. The molecule has 0 aromatic heterocycles. The number of methoxy groups -OCH3 is 2. The predicted octanol–water partition coefficient (Wildman–Crippen LogP) is 3.02. The largest absolute Gasteiger partial charge is 0.496 e. The number of rotatable bonds is 8. The van der Waals surface area contributed by atoms with Gasteiger partial charge in [0.1, 0.15) is 11.5 Å². The van der Waals surface area contributed by atoms with Crippen molar-refractivity contribution < 1.29 is 9.47 Å². The molecule has 0 aliphatic rings. The zero-order valence-electron chi connectivity index (χ0n) is 12.0. The van der Waals surface area contributed by atoms with E-state index < -0.39 is 0 Å². The summed E-state index contributed by atoms with van der Waals surface area (Å²) in [5.74, 6) is 1.83. The minimum absolute atomic E-state index is 0.560. The van der Waals surface area contributed by atoms with Crippen LogP contribution in [0.5, 0.6) is 11.5 Å². The van der Waals surface area contributed by atoms with Crippen molar-refractivity contribution in [1.82, 2.24) is 5.32 Å². The first-order valence-corrected chi connectivity index (χ1v) is 6.63. The molecular weight excluding hydrogens is 226 g/mol. The Labute approximate surface area is 110 Å². The van der Waals surface area contributed by atoms with Gasteiger partial charge in [-0.05, 0) is 38.4 Å². The molecule has 18 heavy (non-hydrogen) atoms. The Hall–Kier alpha value is -1.22. The maximum absolute atomic E-state index is 5.41. The molecular formula is C15H25NO2. The van der Waals surface area contributed by atoms with E-state index in [-0.39, 0.29) is 0 Å². The number of hydrogen-bond donors (Lipinski definition) is 1. The van der Waals surface area contributed by atoms with Crippen LogP contribution in [0.1, 0.15) is 31.7 Å². The average molecular weight is 251 g/mol. The van der Waals surface area contributed by atoms with E-state index in [2.05, 4.69) is 12.2 Å². The maximum Gasteiger partial charge on any atom is 0.125 e. The fourth-order valence-corrected chi connectivity index (χ4v) is 2.27. The highest BCUT2D eigenvalue weighted by Crippen LogP contribution is 2.29. The number of ether oxygens (including phenoxy) is 2. The van der Waals surface area contributed by atoms with Crippen molar-refractivity contribution >= 4 is 0 Å². The van der Waals surface area contributed by atoms with Crippen LogP contribution in [0.15, 0.2) is 18.2 Å². The Morgan fingerprint density at radius 3 is 2.17 bits per heavy atom. The predicted molar refractivity (Wildman–Crippen MR) is 75.6 cm³/mol. The molecule has 0 spiro atoms. The van der Waals surface area contributed by atoms with Gasteiger partial charge in [0.25, 0.3) is 0 Å². The molecule has 1 unspecified atom stereocenters. The molecule has 0 aliphatic carbocycles. The van der Waals surface area contributed by atoms with Gasteiger partial charge in [0.05, 0.1) is 14.2 Å². The smallest absolute Gasteiger partial charge is 0.125 e. The molecule has 1 rings (SSSR count). The third kappa shape index (κ3) is 3.91. The molecule has 0 bridgehead atoms. The summed E-state index contributed by atoms with van der Waals surface area (Å²) in [5.41, 5.74) is 1.17. The van der Waals surface area contributed by atoms with Gasteiger partial charge in [-0.15, -0.1) is 0 Å². The minimum Gasteiger partial charge on any atom is -0.496 e. The lowest BCUT2D eigenvalue weighted by Gasteiger charge is -2.17. The van der Waals surface area contributed by atoms with Gasteiger partial charge < -0.3 is 14.8 Å². The lowest BCUT2D eigenvalue weighted by Crippen LogP contribution is -2.25. The Kier molecular flexibility index (Phi) is 6.58. The highest BCUT2D eigenvalue weighted by Gasteiger charge is 2.12. The fraction of sp³-hybridized carbons (Fsp3) is 0.600. The number of nitrogens with one attached hydrogen (secondary N) is 1. The summed E-state index contributed by atoms with van der Waals surface area (Å²) in [7, 11) is 5.44. The molecule has 0 heterocycles. The summed E-state index contributed by atoms with van der Waals surface area (Å²) in [4.78, 5) is 0. The van der Waals surface area contributed by atoms with Crippen LogP contribution in [-0.4, -0.2) is 27.3 Å². The van der Waals surface area contributed by atoms with Crippen LogP contribution in [0.3, 0.4) is 0 Å². The van der Waals surface area contributed by atoms with E-state index in [0.717, 1.165) is 24.3 Å². The van der Waals surface area contributed by atoms with E-state index in [9.17, 15) is 0 Å². The van der Waals surface area contributed by atoms with Gasteiger partial charge in [0.15, 0.2) is 0 Å². The van der Waals surface area contributed by atoms with Gasteiger partial charge in [0, 0.05) is 11.6 Å². The normalized spacial score (nSPS) is 12.2. The quantitative estimate of drug-likeness (QED) is 0.770. The van der Waals surface area contributed by atoms with Gasteiger partial charge in [-0.3, -0.25) is 0 Å². The molecule has 1 aromatic carbocycles. The summed E-state index contributed by atoms with van der Waals surface area (Å²) < 4.78 is 10.8. The summed E-state index contributed by atoms with van der Waals surface area (Å²) >= 11 is 0. The molecule has 1 atom stereocenters. The zero-order chi connectivity index (χ0) is 13.4. The fourth-order valence-electron chi connectivity index (χ4n) is 2.27. The first-order chi connectivity index (χ1) is 8.76. The summed E-state index contributed by atoms with van der Waals surface area (Å²) in [6.45, 7) is 2.22. The average Bonchev–Trinajstić information content (AvgIpc) is 2.42. The summed E-state index contributed by atoms with van der Waals surface area (Å²) in [6.07, 6.45) is 4.47. The monoisotopic (exact) mass is 251 g/mol. The van der Waals surface area contributed by atoms with E-state index in [1.165, 1.54) is 18.4 Å². The van der Waals surface area contributed by atoms with Crippen molar-refractivity contribution in [3.8, 4) is 11.5 Å². The molecule has 0 saturated carbocycles. The molecule has 3 heteroatoms. The van der Waals surface area contributed by atoms with Crippen molar-refractivity contribution in [1.29, 1.82) is 0 Å². The molecule has 0 radical (unpaired) electrons. The molecule has 0 amide bonds. The summed E-state index contributed by atoms with van der Waals surface area (Å²) in [6, 6.07) is 6.51. The Morgan fingerprint density at radius 2 is 1.72 bits per heavy atom. The van der Waals surface area contributed by atoms with E-state index in [4.69, 9.17) is 9.47 Å². The van der Waals surface area contributed by atoms with E-state index in [1.54, 1.807) is 14.2 Å². The topological polar surface area (TPSA) is 30.5 Å². The first kappa shape index (κ1) is 14.8. The van der Waals surface area contributed by atoms with Crippen molar-refractivity contribution in [3.05, 3.63) is 23.8 Å². The van der Waals surface area contributed by atoms with Crippen LogP contribution >= 0.6 is 0 Å². The van der Waals surface area contributed by atoms with Crippen molar-refractivity contribution in [2.24, 2.45) is 0 Å². The SMILES string of the molecule is CCCC(CCc1c(OC)cccc1OC)NC. The molecule has 1 aromatic rings. The van der Waals surface area contributed by atoms with Crippen LogP contribution in [-0.2, 0) is 6.42 Å². The van der Waals surface area contributed by atoms with E-state index in [0.29, 0.717) is 6.04 Å². The second kappa shape index (κ2) is 7.98. The Morgan fingerprint density at radius 1 is 1.11 bits per heavy atom. The number of benzene rings is 1. The third-order valence-electron chi connectivity index (χ3n) is 3.32. The molecule has 102 valence electrons. The lowest BCUT2D eigenvalue weighted by molar-refractivity contribution is 0.380. The highest BCUT2D eigenvalue weighted by atomic mass is 16.5. The Bertz CT molecular complexity index is 330. The van der Waals surface area contributed by atoms with Crippen LogP contribution in [0.4, 0.5) is 0 Å². The second-order valence-corrected chi connectivity index (χ2v) is 4.45. The van der Waals surface area contributed by atoms with Crippen LogP contribution in [0.25, 0.3) is 0 Å². The third-order valence-corrected chi connectivity index (χ3v) is 3.32. The molecule has 0 saturated heterocycles. The lowest BCUT2D eigenvalue weighted by atomic mass is 10.0. The van der Waals surface area contributed by atoms with Gasteiger partial charge in [-0.25, -0.2) is 0 Å². The highest BCUT2D eigenvalue weighted by molar-refractivity contribution is 5.44. The molecule has 3 nitrogen and oxygen atoms in total. The number of hydrogen-bond acceptors (Lipinski definition) is 3. The summed E-state index contributed by atoms with van der Waals surface area (Å²) in [5, 5.41) is 3.37. The minimum atomic E-state index is 0.560. The van der Waals surface area contributed by atoms with Gasteiger partial charge >= 0.3 is 0 Å². The molecule has 0 aliphatic heterocycles. The van der Waals surface area contributed by atoms with Gasteiger partial charge in [-0.2, -0.15) is 0 Å². The van der Waals surface area contributed by atoms with Gasteiger partial charge in [-0.1, -0.05) is 19.4 Å². The molecule has 1 N–H and O–H groups in total. The van der Waals surface area contributed by atoms with Crippen LogP contribution in [0, 0.1) is 0 Å². The van der Waals surface area contributed by atoms with Crippen LogP contribution in [0.2, 0.25) is 0 Å². The first-order valence-electron chi connectivity index (χ1n) is 6.63. The van der Waals surface area contributed by atoms with E-state index in [1.807, 2.05) is 25.2 Å². The van der Waals surface area contributed by atoms with Crippen molar-refractivity contribution in [3.63, 3.8) is 0 Å². The van der Waals surface area contributed by atoms with E-state index >= 15 is 0 Å². The van der Waals surface area contributed by atoms with Gasteiger partial charge in [0.2, 0.25) is 0 Å². The van der Waals surface area contributed by atoms with Crippen molar-refractivity contribution in [2.75, 3.05) is 21.3 Å². The zero-order valence-corrected chi connectivity index (χ0v) is 12.0.